The number of benzene rings is 2. The lowest BCUT2D eigenvalue weighted by Gasteiger charge is -2.14. The number of nitrogens with one attached hydrogen (secondary N) is 1. The zero-order valence-electron chi connectivity index (χ0n) is 13.6. The van der Waals surface area contributed by atoms with Crippen molar-refractivity contribution < 1.29 is 17.6 Å². The van der Waals surface area contributed by atoms with Gasteiger partial charge in [-0.05, 0) is 48.7 Å². The molecule has 1 amide bonds. The first-order chi connectivity index (χ1) is 11.3. The van der Waals surface area contributed by atoms with Gasteiger partial charge in [0.05, 0.1) is 5.75 Å². The van der Waals surface area contributed by atoms with E-state index in [2.05, 4.69) is 5.32 Å². The first-order valence-electron chi connectivity index (χ1n) is 7.67. The Hall–Kier alpha value is -2.21. The van der Waals surface area contributed by atoms with Crippen molar-refractivity contribution in [3.8, 4) is 0 Å². The van der Waals surface area contributed by atoms with Crippen LogP contribution in [0.5, 0.6) is 0 Å². The number of anilines is 1. The SMILES string of the molecule is CCc1ccc(NC(=O)C(C)S(=O)(=O)Cc2cccc(F)c2)cc1. The van der Waals surface area contributed by atoms with E-state index in [-0.39, 0.29) is 5.75 Å². The lowest BCUT2D eigenvalue weighted by molar-refractivity contribution is -0.115. The summed E-state index contributed by atoms with van der Waals surface area (Å²) in [5.74, 6) is -1.49. The van der Waals surface area contributed by atoms with Crippen molar-refractivity contribution in [2.45, 2.75) is 31.3 Å². The van der Waals surface area contributed by atoms with E-state index in [9.17, 15) is 17.6 Å². The summed E-state index contributed by atoms with van der Waals surface area (Å²) in [6, 6.07) is 12.6. The second-order valence-corrected chi connectivity index (χ2v) is 7.94. The highest BCUT2D eigenvalue weighted by Gasteiger charge is 2.28. The standard InChI is InChI=1S/C18H20FNO3S/c1-3-14-7-9-17(10-8-14)20-18(21)13(2)24(22,23)12-15-5-4-6-16(19)11-15/h4-11,13H,3,12H2,1-2H3,(H,20,21). The highest BCUT2D eigenvalue weighted by Crippen LogP contribution is 2.15. The number of hydrogen-bond donors (Lipinski definition) is 1. The molecule has 0 aliphatic rings. The molecule has 2 rings (SSSR count). The Bertz CT molecular complexity index is 816. The first kappa shape index (κ1) is 18.1. The second-order valence-electron chi connectivity index (χ2n) is 5.62. The average molecular weight is 349 g/mol. The Kier molecular flexibility index (Phi) is 5.72. The van der Waals surface area contributed by atoms with Crippen molar-refractivity contribution in [1.29, 1.82) is 0 Å². The number of carbonyl (C=O) groups is 1. The number of carbonyl (C=O) groups excluding carboxylic acids is 1. The molecule has 24 heavy (non-hydrogen) atoms. The van der Waals surface area contributed by atoms with Crippen LogP contribution < -0.4 is 5.32 Å². The molecule has 0 spiro atoms. The molecular formula is C18H20FNO3S. The zero-order chi connectivity index (χ0) is 17.7. The quantitative estimate of drug-likeness (QED) is 0.870. The third-order valence-electron chi connectivity index (χ3n) is 3.79. The second kappa shape index (κ2) is 7.57. The summed E-state index contributed by atoms with van der Waals surface area (Å²) >= 11 is 0. The van der Waals surface area contributed by atoms with Crippen molar-refractivity contribution in [3.63, 3.8) is 0 Å². The molecule has 0 aliphatic carbocycles. The number of hydrogen-bond acceptors (Lipinski definition) is 3. The minimum absolute atomic E-state index is 0.321. The summed E-state index contributed by atoms with van der Waals surface area (Å²) < 4.78 is 37.9. The van der Waals surface area contributed by atoms with Crippen LogP contribution in [0.1, 0.15) is 25.0 Å². The van der Waals surface area contributed by atoms with Gasteiger partial charge < -0.3 is 5.32 Å². The van der Waals surface area contributed by atoms with Crippen LogP contribution in [0.15, 0.2) is 48.5 Å². The summed E-state index contributed by atoms with van der Waals surface area (Å²) in [6.07, 6.45) is 0.882. The average Bonchev–Trinajstić information content (AvgIpc) is 2.54. The van der Waals surface area contributed by atoms with Crippen LogP contribution in [0.25, 0.3) is 0 Å². The number of amides is 1. The van der Waals surface area contributed by atoms with E-state index >= 15 is 0 Å². The molecule has 1 N–H and O–H groups in total. The van der Waals surface area contributed by atoms with Gasteiger partial charge in [0.25, 0.3) is 0 Å². The van der Waals surface area contributed by atoms with Gasteiger partial charge >= 0.3 is 0 Å². The smallest absolute Gasteiger partial charge is 0.242 e. The van der Waals surface area contributed by atoms with E-state index in [0.29, 0.717) is 11.3 Å². The molecule has 2 aromatic carbocycles. The van der Waals surface area contributed by atoms with Gasteiger partial charge in [-0.1, -0.05) is 31.2 Å². The van der Waals surface area contributed by atoms with E-state index in [1.54, 1.807) is 12.1 Å². The van der Waals surface area contributed by atoms with Gasteiger partial charge in [-0.15, -0.1) is 0 Å². The van der Waals surface area contributed by atoms with Crippen LogP contribution in [-0.2, 0) is 26.8 Å². The van der Waals surface area contributed by atoms with Gasteiger partial charge in [0, 0.05) is 5.69 Å². The molecule has 6 heteroatoms. The minimum Gasteiger partial charge on any atom is -0.325 e. The van der Waals surface area contributed by atoms with Crippen molar-refractivity contribution in [1.82, 2.24) is 0 Å². The molecule has 0 saturated heterocycles. The summed E-state index contributed by atoms with van der Waals surface area (Å²) in [6.45, 7) is 3.36. The fourth-order valence-electron chi connectivity index (χ4n) is 2.21. The maximum Gasteiger partial charge on any atom is 0.242 e. The Morgan fingerprint density at radius 3 is 2.38 bits per heavy atom. The Labute approximate surface area is 141 Å². The summed E-state index contributed by atoms with van der Waals surface area (Å²) in [5.41, 5.74) is 1.99. The molecule has 0 aromatic heterocycles. The molecule has 2 aromatic rings. The molecule has 0 radical (unpaired) electrons. The fourth-order valence-corrected chi connectivity index (χ4v) is 3.49. The van der Waals surface area contributed by atoms with E-state index in [1.807, 2.05) is 19.1 Å². The highest BCUT2D eigenvalue weighted by molar-refractivity contribution is 7.92. The monoisotopic (exact) mass is 349 g/mol. The Morgan fingerprint density at radius 1 is 1.12 bits per heavy atom. The zero-order valence-corrected chi connectivity index (χ0v) is 14.4. The van der Waals surface area contributed by atoms with Crippen LogP contribution >= 0.6 is 0 Å². The molecule has 0 aliphatic heterocycles. The molecule has 0 bridgehead atoms. The number of halogens is 1. The van der Waals surface area contributed by atoms with Crippen molar-refractivity contribution in [2.24, 2.45) is 0 Å². The first-order valence-corrected chi connectivity index (χ1v) is 9.39. The molecular weight excluding hydrogens is 329 g/mol. The van der Waals surface area contributed by atoms with Crippen LogP contribution in [0, 0.1) is 5.82 Å². The van der Waals surface area contributed by atoms with Crippen molar-refractivity contribution in [2.75, 3.05) is 5.32 Å². The van der Waals surface area contributed by atoms with E-state index in [4.69, 9.17) is 0 Å². The van der Waals surface area contributed by atoms with Gasteiger partial charge in [0.2, 0.25) is 5.91 Å². The molecule has 1 atom stereocenters. The van der Waals surface area contributed by atoms with Crippen LogP contribution in [0.3, 0.4) is 0 Å². The predicted octanol–water partition coefficient (Wildman–Crippen LogP) is 3.33. The summed E-state index contributed by atoms with van der Waals surface area (Å²) in [7, 11) is -3.74. The summed E-state index contributed by atoms with van der Waals surface area (Å²) in [5, 5.41) is 1.37. The lowest BCUT2D eigenvalue weighted by atomic mass is 10.1. The third kappa shape index (κ3) is 4.64. The number of sulfone groups is 1. The van der Waals surface area contributed by atoms with Gasteiger partial charge in [-0.25, -0.2) is 12.8 Å². The van der Waals surface area contributed by atoms with E-state index in [0.717, 1.165) is 18.1 Å². The summed E-state index contributed by atoms with van der Waals surface area (Å²) in [4.78, 5) is 12.2. The molecule has 0 fully saturated rings. The fraction of sp³-hybridized carbons (Fsp3) is 0.278. The van der Waals surface area contributed by atoms with Gasteiger partial charge in [0.1, 0.15) is 11.1 Å². The van der Waals surface area contributed by atoms with Gasteiger partial charge in [-0.2, -0.15) is 0 Å². The largest absolute Gasteiger partial charge is 0.325 e. The Morgan fingerprint density at radius 2 is 1.79 bits per heavy atom. The topological polar surface area (TPSA) is 63.2 Å². The third-order valence-corrected chi connectivity index (χ3v) is 5.82. The van der Waals surface area contributed by atoms with Crippen molar-refractivity contribution >= 4 is 21.4 Å². The van der Waals surface area contributed by atoms with Crippen LogP contribution in [0.4, 0.5) is 10.1 Å². The van der Waals surface area contributed by atoms with Gasteiger partial charge in [-0.3, -0.25) is 4.79 Å². The number of rotatable bonds is 6. The van der Waals surface area contributed by atoms with Crippen LogP contribution in [-0.4, -0.2) is 19.6 Å². The predicted molar refractivity (Wildman–Crippen MR) is 92.9 cm³/mol. The normalized spacial score (nSPS) is 12.6. The number of aryl methyl sites for hydroxylation is 1. The van der Waals surface area contributed by atoms with Gasteiger partial charge in [0.15, 0.2) is 9.84 Å². The Balaban J connectivity index is 2.07. The van der Waals surface area contributed by atoms with E-state index in [1.165, 1.54) is 25.1 Å². The molecule has 128 valence electrons. The minimum atomic E-state index is -3.74. The maximum absolute atomic E-state index is 13.2. The maximum atomic E-state index is 13.2. The van der Waals surface area contributed by atoms with Crippen molar-refractivity contribution in [3.05, 3.63) is 65.5 Å². The molecule has 1 unspecified atom stereocenters. The molecule has 4 nitrogen and oxygen atoms in total. The van der Waals surface area contributed by atoms with E-state index < -0.39 is 26.8 Å². The van der Waals surface area contributed by atoms with Crippen LogP contribution in [0.2, 0.25) is 0 Å². The molecule has 0 saturated carbocycles. The lowest BCUT2D eigenvalue weighted by Crippen LogP contribution is -2.33. The molecule has 0 heterocycles. The highest BCUT2D eigenvalue weighted by atomic mass is 32.2.